The van der Waals surface area contributed by atoms with Crippen LogP contribution in [0.4, 0.5) is 5.69 Å². The molecule has 0 unspecified atom stereocenters. The van der Waals surface area contributed by atoms with Gasteiger partial charge in [0, 0.05) is 42.5 Å². The second-order valence-electron chi connectivity index (χ2n) is 10.4. The van der Waals surface area contributed by atoms with Crippen molar-refractivity contribution in [3.8, 4) is 11.3 Å². The summed E-state index contributed by atoms with van der Waals surface area (Å²) in [6.45, 7) is 6.24. The number of hydrogen-bond acceptors (Lipinski definition) is 4. The van der Waals surface area contributed by atoms with Gasteiger partial charge in [0.15, 0.2) is 0 Å². The summed E-state index contributed by atoms with van der Waals surface area (Å²) >= 11 is 8.03. The van der Waals surface area contributed by atoms with Crippen LogP contribution in [0.2, 0.25) is 5.02 Å². The summed E-state index contributed by atoms with van der Waals surface area (Å²) in [6.07, 6.45) is 10.2. The molecule has 1 aromatic carbocycles. The number of anilines is 1. The van der Waals surface area contributed by atoms with Crippen LogP contribution in [-0.2, 0) is 6.54 Å². The monoisotopic (exact) mass is 583 g/mol. The van der Waals surface area contributed by atoms with Gasteiger partial charge in [-0.3, -0.25) is 0 Å². The first kappa shape index (κ1) is 28.6. The first-order valence-corrected chi connectivity index (χ1v) is 14.5. The zero-order chi connectivity index (χ0) is 23.9. The van der Waals surface area contributed by atoms with Crippen LogP contribution in [0.15, 0.2) is 24.3 Å². The molecule has 4 heterocycles. The van der Waals surface area contributed by atoms with Crippen molar-refractivity contribution in [1.82, 2.24) is 9.47 Å². The topological polar surface area (TPSA) is 48.7 Å². The van der Waals surface area contributed by atoms with Gasteiger partial charge >= 0.3 is 5.97 Å². The van der Waals surface area contributed by atoms with Crippen LogP contribution < -0.4 is 4.90 Å². The molecule has 1 aliphatic carbocycles. The molecule has 0 spiro atoms. The highest BCUT2D eigenvalue weighted by molar-refractivity contribution is 7.21. The van der Waals surface area contributed by atoms with Crippen LogP contribution in [0, 0.1) is 0 Å². The zero-order valence-electron chi connectivity index (χ0n) is 21.1. The number of halogens is 3. The number of fused-ring (bicyclic) bond motifs is 5. The van der Waals surface area contributed by atoms with Crippen molar-refractivity contribution in [3.63, 3.8) is 0 Å². The molecule has 2 fully saturated rings. The Morgan fingerprint density at radius 1 is 0.946 bits per heavy atom. The number of aromatic nitrogens is 1. The lowest BCUT2D eigenvalue weighted by Gasteiger charge is -2.31. The van der Waals surface area contributed by atoms with Crippen LogP contribution in [0.1, 0.15) is 72.5 Å². The third-order valence-corrected chi connectivity index (χ3v) is 9.66. The van der Waals surface area contributed by atoms with Gasteiger partial charge in [0.05, 0.1) is 15.9 Å². The first-order chi connectivity index (χ1) is 17.1. The molecule has 202 valence electrons. The summed E-state index contributed by atoms with van der Waals surface area (Å²) in [5, 5.41) is 10.5. The van der Waals surface area contributed by atoms with E-state index >= 15 is 0 Å². The van der Waals surface area contributed by atoms with Gasteiger partial charge in [0.1, 0.15) is 4.88 Å². The number of likely N-dealkylation sites (tertiary alicyclic amines) is 1. The zero-order valence-corrected chi connectivity index (χ0v) is 24.3. The third kappa shape index (κ3) is 5.51. The molecule has 0 atom stereocenters. The number of piperidine rings is 1. The number of nitrogens with zero attached hydrogens (tertiary/aromatic N) is 3. The molecular weight excluding hydrogens is 549 g/mol. The Morgan fingerprint density at radius 3 is 2.41 bits per heavy atom. The highest BCUT2D eigenvalue weighted by atomic mass is 35.5. The predicted octanol–water partition coefficient (Wildman–Crippen LogP) is 7.92. The van der Waals surface area contributed by atoms with Crippen molar-refractivity contribution in [2.24, 2.45) is 0 Å². The predicted molar refractivity (Wildman–Crippen MR) is 160 cm³/mol. The molecule has 0 radical (unpaired) electrons. The molecule has 0 bridgehead atoms. The molecule has 1 N–H and O–H groups in total. The third-order valence-electron chi connectivity index (χ3n) is 8.28. The van der Waals surface area contributed by atoms with Gasteiger partial charge in [0.25, 0.3) is 0 Å². The van der Waals surface area contributed by atoms with Crippen molar-refractivity contribution in [2.45, 2.75) is 63.8 Å². The van der Waals surface area contributed by atoms with Gasteiger partial charge in [-0.25, -0.2) is 4.79 Å². The van der Waals surface area contributed by atoms with E-state index < -0.39 is 5.97 Å². The molecule has 9 heteroatoms. The lowest BCUT2D eigenvalue weighted by atomic mass is 9.83. The number of rotatable bonds is 5. The van der Waals surface area contributed by atoms with Crippen molar-refractivity contribution in [1.29, 1.82) is 0 Å². The molecular formula is C28H36Cl3N3O2S. The lowest BCUT2D eigenvalue weighted by Crippen LogP contribution is -2.38. The van der Waals surface area contributed by atoms with E-state index in [2.05, 4.69) is 26.5 Å². The average Bonchev–Trinajstić information content (AvgIpc) is 3.39. The highest BCUT2D eigenvalue weighted by Gasteiger charge is 2.32. The van der Waals surface area contributed by atoms with E-state index in [4.69, 9.17) is 11.6 Å². The summed E-state index contributed by atoms with van der Waals surface area (Å²) < 4.78 is 3.61. The number of benzene rings is 1. The Balaban J connectivity index is 0.00000160. The molecule has 37 heavy (non-hydrogen) atoms. The minimum absolute atomic E-state index is 0. The Bertz CT molecular complexity index is 1250. The van der Waals surface area contributed by atoms with Crippen molar-refractivity contribution in [3.05, 3.63) is 39.7 Å². The van der Waals surface area contributed by atoms with E-state index in [0.29, 0.717) is 10.8 Å². The number of carboxylic acid groups (broad SMARTS) is 1. The van der Waals surface area contributed by atoms with Crippen LogP contribution in [0.5, 0.6) is 0 Å². The molecule has 0 amide bonds. The Morgan fingerprint density at radius 2 is 1.68 bits per heavy atom. The maximum absolute atomic E-state index is 11.9. The van der Waals surface area contributed by atoms with Gasteiger partial charge in [-0.05, 0) is 74.5 Å². The van der Waals surface area contributed by atoms with Crippen LogP contribution in [0.25, 0.3) is 21.5 Å². The van der Waals surface area contributed by atoms with Gasteiger partial charge in [-0.1, -0.05) is 37.3 Å². The van der Waals surface area contributed by atoms with Gasteiger partial charge in [0.2, 0.25) is 0 Å². The van der Waals surface area contributed by atoms with E-state index in [0.717, 1.165) is 36.7 Å². The molecule has 2 aliphatic heterocycles. The molecule has 3 aromatic rings. The smallest absolute Gasteiger partial charge is 0.345 e. The minimum Gasteiger partial charge on any atom is -0.477 e. The van der Waals surface area contributed by atoms with Crippen molar-refractivity contribution < 1.29 is 9.90 Å². The van der Waals surface area contributed by atoms with E-state index in [1.807, 2.05) is 12.1 Å². The van der Waals surface area contributed by atoms with E-state index in [1.54, 1.807) is 0 Å². The summed E-state index contributed by atoms with van der Waals surface area (Å²) in [7, 11) is 0. The van der Waals surface area contributed by atoms with Crippen LogP contribution in [-0.4, -0.2) is 53.3 Å². The number of hydrogen-bond donors (Lipinski definition) is 1. The van der Waals surface area contributed by atoms with Crippen LogP contribution in [0.3, 0.4) is 0 Å². The number of thiophene rings is 1. The molecule has 6 rings (SSSR count). The van der Waals surface area contributed by atoms with E-state index in [-0.39, 0.29) is 24.8 Å². The Labute approximate surface area is 240 Å². The molecule has 2 aromatic heterocycles. The standard InChI is InChI=1S/C28H34ClN3O2S.2ClH/c29-20-9-10-21-22(17-20)31(14-13-30-11-5-2-6-12-30)15-16-32-23-18-24(28(33)34)35-27(23)25(26(21)32)19-7-3-1-4-8-19;;/h9-10,17-19H,1-8,11-16H2,(H,33,34);2*1H. The number of aromatic carboxylic acids is 1. The lowest BCUT2D eigenvalue weighted by molar-refractivity contribution is 0.0702. The van der Waals surface area contributed by atoms with Crippen molar-refractivity contribution >= 4 is 69.6 Å². The summed E-state index contributed by atoms with van der Waals surface area (Å²) in [5.74, 6) is -0.328. The second kappa shape index (κ2) is 12.2. The number of carbonyl (C=O) groups is 1. The normalized spacial score (nSPS) is 18.5. The molecule has 1 saturated carbocycles. The fourth-order valence-electron chi connectivity index (χ4n) is 6.53. The maximum atomic E-state index is 11.9. The molecule has 1 saturated heterocycles. The minimum atomic E-state index is -0.820. The Hall–Kier alpha value is -1.44. The van der Waals surface area contributed by atoms with Crippen molar-refractivity contribution in [2.75, 3.05) is 37.6 Å². The maximum Gasteiger partial charge on any atom is 0.345 e. The number of carboxylic acids is 1. The van der Waals surface area contributed by atoms with Gasteiger partial charge < -0.3 is 19.5 Å². The fraction of sp³-hybridized carbons (Fsp3) is 0.536. The first-order valence-electron chi connectivity index (χ1n) is 13.3. The van der Waals surface area contributed by atoms with E-state index in [1.165, 1.54) is 103 Å². The summed E-state index contributed by atoms with van der Waals surface area (Å²) in [5.41, 5.74) is 6.28. The van der Waals surface area contributed by atoms with E-state index in [9.17, 15) is 9.90 Å². The Kier molecular flexibility index (Phi) is 9.39. The average molecular weight is 585 g/mol. The second-order valence-corrected chi connectivity index (χ2v) is 11.9. The largest absolute Gasteiger partial charge is 0.477 e. The SMILES string of the molecule is Cl.Cl.O=C(O)c1cc2c(s1)c(C1CCCCC1)c1n2CCN(CCN2CCCCC2)c2cc(Cl)ccc2-1. The fourth-order valence-corrected chi connectivity index (χ4v) is 7.82. The van der Waals surface area contributed by atoms with Gasteiger partial charge in [-0.2, -0.15) is 0 Å². The molecule has 5 nitrogen and oxygen atoms in total. The highest BCUT2D eigenvalue weighted by Crippen LogP contribution is 2.49. The van der Waals surface area contributed by atoms with Gasteiger partial charge in [-0.15, -0.1) is 36.2 Å². The van der Waals surface area contributed by atoms with Crippen LogP contribution >= 0.6 is 47.8 Å². The summed E-state index contributed by atoms with van der Waals surface area (Å²) in [4.78, 5) is 17.5. The molecule has 3 aliphatic rings. The quantitative estimate of drug-likeness (QED) is 0.331. The summed E-state index contributed by atoms with van der Waals surface area (Å²) in [6, 6.07) is 8.29.